The molecular formula is C21H19ClN2O3. The van der Waals surface area contributed by atoms with Gasteiger partial charge in [-0.1, -0.05) is 54.1 Å². The van der Waals surface area contributed by atoms with E-state index in [0.717, 1.165) is 11.1 Å². The van der Waals surface area contributed by atoms with Crippen LogP contribution in [0.1, 0.15) is 27.2 Å². The van der Waals surface area contributed by atoms with Crippen LogP contribution in [0.25, 0.3) is 0 Å². The van der Waals surface area contributed by atoms with E-state index in [1.807, 2.05) is 42.5 Å². The zero-order valence-corrected chi connectivity index (χ0v) is 15.3. The monoisotopic (exact) mass is 382 g/mol. The highest BCUT2D eigenvalue weighted by Crippen LogP contribution is 2.18. The first kappa shape index (κ1) is 18.7. The van der Waals surface area contributed by atoms with E-state index in [-0.39, 0.29) is 12.3 Å². The molecule has 0 aliphatic carbocycles. The van der Waals surface area contributed by atoms with Gasteiger partial charge in [0.05, 0.1) is 6.54 Å². The van der Waals surface area contributed by atoms with Crippen LogP contribution in [0.3, 0.4) is 0 Å². The molecule has 0 saturated carbocycles. The van der Waals surface area contributed by atoms with Crippen LogP contribution in [0.2, 0.25) is 5.02 Å². The molecule has 1 heterocycles. The van der Waals surface area contributed by atoms with Gasteiger partial charge in [-0.25, -0.2) is 0 Å². The molecule has 0 spiro atoms. The van der Waals surface area contributed by atoms with E-state index in [9.17, 15) is 14.7 Å². The van der Waals surface area contributed by atoms with E-state index in [4.69, 9.17) is 17.3 Å². The van der Waals surface area contributed by atoms with Crippen molar-refractivity contribution in [2.75, 3.05) is 0 Å². The predicted octanol–water partition coefficient (Wildman–Crippen LogP) is 3.14. The number of amides is 1. The number of carbonyl (C=O) groups is 1. The van der Waals surface area contributed by atoms with Crippen LogP contribution < -0.4 is 11.3 Å². The first-order chi connectivity index (χ1) is 13.0. The molecule has 0 aliphatic rings. The summed E-state index contributed by atoms with van der Waals surface area (Å²) in [5, 5.41) is 10.7. The number of rotatable bonds is 6. The number of aryl methyl sites for hydroxylation is 2. The van der Waals surface area contributed by atoms with Crippen molar-refractivity contribution >= 4 is 17.5 Å². The van der Waals surface area contributed by atoms with Gasteiger partial charge in [0.2, 0.25) is 0 Å². The van der Waals surface area contributed by atoms with E-state index in [0.29, 0.717) is 23.6 Å². The fourth-order valence-corrected chi connectivity index (χ4v) is 3.11. The van der Waals surface area contributed by atoms with Gasteiger partial charge >= 0.3 is 0 Å². The van der Waals surface area contributed by atoms with Gasteiger partial charge in [-0.15, -0.1) is 0 Å². The van der Waals surface area contributed by atoms with Crippen LogP contribution in [-0.4, -0.2) is 15.6 Å². The van der Waals surface area contributed by atoms with Gasteiger partial charge in [-0.2, -0.15) is 0 Å². The van der Waals surface area contributed by atoms with Crippen molar-refractivity contribution in [2.45, 2.75) is 19.4 Å². The molecule has 138 valence electrons. The number of nitrogens with two attached hydrogens (primary N) is 1. The van der Waals surface area contributed by atoms with E-state index in [1.165, 1.54) is 10.6 Å². The summed E-state index contributed by atoms with van der Waals surface area (Å²) in [6.45, 7) is 0.251. The average molecular weight is 383 g/mol. The lowest BCUT2D eigenvalue weighted by Crippen LogP contribution is -2.32. The molecule has 3 aromatic rings. The molecule has 0 aliphatic heterocycles. The summed E-state index contributed by atoms with van der Waals surface area (Å²) in [6, 6.07) is 18.4. The van der Waals surface area contributed by atoms with Gasteiger partial charge in [-0.3, -0.25) is 9.59 Å². The van der Waals surface area contributed by atoms with Crippen molar-refractivity contribution in [2.24, 2.45) is 5.73 Å². The molecule has 1 aromatic heterocycles. The summed E-state index contributed by atoms with van der Waals surface area (Å²) in [4.78, 5) is 24.4. The lowest BCUT2D eigenvalue weighted by molar-refractivity contribution is 0.0995. The van der Waals surface area contributed by atoms with Crippen molar-refractivity contribution < 1.29 is 9.90 Å². The summed E-state index contributed by atoms with van der Waals surface area (Å²) in [5.74, 6) is -1.33. The quantitative estimate of drug-likeness (QED) is 0.686. The van der Waals surface area contributed by atoms with Gasteiger partial charge in [0.1, 0.15) is 11.3 Å². The summed E-state index contributed by atoms with van der Waals surface area (Å²) in [5.41, 5.74) is 6.88. The smallest absolute Gasteiger partial charge is 0.267 e. The number of benzene rings is 2. The minimum Gasteiger partial charge on any atom is -0.507 e. The predicted molar refractivity (Wildman–Crippen MR) is 105 cm³/mol. The molecule has 27 heavy (non-hydrogen) atoms. The SMILES string of the molecule is NC(=O)c1c(O)cc(CCc2ccccc2)n(Cc2ccc(Cl)cc2)c1=O. The molecule has 0 unspecified atom stereocenters. The van der Waals surface area contributed by atoms with Crippen molar-refractivity contribution in [3.8, 4) is 5.75 Å². The second-order valence-electron chi connectivity index (χ2n) is 6.26. The number of nitrogens with zero attached hydrogens (tertiary/aromatic N) is 1. The second kappa shape index (κ2) is 8.10. The summed E-state index contributed by atoms with van der Waals surface area (Å²) in [7, 11) is 0. The molecule has 2 aromatic carbocycles. The van der Waals surface area contributed by atoms with Crippen LogP contribution in [-0.2, 0) is 19.4 Å². The van der Waals surface area contributed by atoms with Gasteiger partial charge < -0.3 is 15.4 Å². The number of hydrogen-bond donors (Lipinski definition) is 2. The van der Waals surface area contributed by atoms with Gasteiger partial charge in [-0.05, 0) is 36.1 Å². The molecule has 3 rings (SSSR count). The maximum absolute atomic E-state index is 12.8. The van der Waals surface area contributed by atoms with Gasteiger partial charge in [0, 0.05) is 16.8 Å². The Hall–Kier alpha value is -3.05. The average Bonchev–Trinajstić information content (AvgIpc) is 2.64. The molecule has 1 amide bonds. The lowest BCUT2D eigenvalue weighted by atomic mass is 10.1. The molecule has 0 atom stereocenters. The Labute approximate surface area is 161 Å². The van der Waals surface area contributed by atoms with Crippen LogP contribution in [0.5, 0.6) is 5.75 Å². The highest BCUT2D eigenvalue weighted by molar-refractivity contribution is 6.30. The molecule has 0 bridgehead atoms. The normalized spacial score (nSPS) is 10.7. The topological polar surface area (TPSA) is 85.3 Å². The number of aromatic nitrogens is 1. The van der Waals surface area contributed by atoms with E-state index >= 15 is 0 Å². The van der Waals surface area contributed by atoms with Gasteiger partial charge in [0.15, 0.2) is 0 Å². The van der Waals surface area contributed by atoms with E-state index < -0.39 is 17.0 Å². The molecule has 0 fully saturated rings. The Morgan fingerprint density at radius 2 is 1.67 bits per heavy atom. The summed E-state index contributed by atoms with van der Waals surface area (Å²) < 4.78 is 1.48. The zero-order chi connectivity index (χ0) is 19.4. The minimum absolute atomic E-state index is 0.251. The second-order valence-corrected chi connectivity index (χ2v) is 6.70. The first-order valence-corrected chi connectivity index (χ1v) is 8.87. The number of halogens is 1. The van der Waals surface area contributed by atoms with Crippen molar-refractivity contribution in [1.82, 2.24) is 4.57 Å². The van der Waals surface area contributed by atoms with Gasteiger partial charge in [0.25, 0.3) is 11.5 Å². The third-order valence-corrected chi connectivity index (χ3v) is 4.63. The number of aromatic hydroxyl groups is 1. The minimum atomic E-state index is -0.947. The number of pyridine rings is 1. The number of hydrogen-bond acceptors (Lipinski definition) is 3. The van der Waals surface area contributed by atoms with Crippen LogP contribution in [0, 0.1) is 0 Å². The lowest BCUT2D eigenvalue weighted by Gasteiger charge is -2.15. The van der Waals surface area contributed by atoms with Crippen LogP contribution in [0.15, 0.2) is 65.5 Å². The standard InChI is InChI=1S/C21H19ClN2O3/c22-16-9-6-15(7-10-16)13-24-17(11-8-14-4-2-1-3-5-14)12-18(25)19(20(23)26)21(24)27/h1-7,9-10,12,25H,8,11,13H2,(H2,23,26). The largest absolute Gasteiger partial charge is 0.507 e. The fourth-order valence-electron chi connectivity index (χ4n) is 2.98. The molecule has 5 nitrogen and oxygen atoms in total. The highest BCUT2D eigenvalue weighted by Gasteiger charge is 2.18. The molecule has 3 N–H and O–H groups in total. The first-order valence-electron chi connectivity index (χ1n) is 8.49. The third kappa shape index (κ3) is 4.38. The van der Waals surface area contributed by atoms with Crippen molar-refractivity contribution in [3.63, 3.8) is 0 Å². The Morgan fingerprint density at radius 1 is 1.00 bits per heavy atom. The van der Waals surface area contributed by atoms with Crippen LogP contribution in [0.4, 0.5) is 0 Å². The third-order valence-electron chi connectivity index (χ3n) is 4.38. The Kier molecular flexibility index (Phi) is 5.62. The maximum atomic E-state index is 12.8. The van der Waals surface area contributed by atoms with E-state index in [2.05, 4.69) is 0 Å². The Balaban J connectivity index is 2.01. The van der Waals surface area contributed by atoms with Crippen molar-refractivity contribution in [3.05, 3.63) is 98.4 Å². The van der Waals surface area contributed by atoms with E-state index in [1.54, 1.807) is 12.1 Å². The number of carbonyl (C=O) groups excluding carboxylic acids is 1. The summed E-state index contributed by atoms with van der Waals surface area (Å²) >= 11 is 5.92. The Morgan fingerprint density at radius 3 is 2.30 bits per heavy atom. The van der Waals surface area contributed by atoms with Crippen molar-refractivity contribution in [1.29, 1.82) is 0 Å². The highest BCUT2D eigenvalue weighted by atomic mass is 35.5. The summed E-state index contributed by atoms with van der Waals surface area (Å²) in [6.07, 6.45) is 1.22. The molecule has 0 radical (unpaired) electrons. The molecule has 0 saturated heterocycles. The molecule has 6 heteroatoms. The Bertz CT molecular complexity index is 1010. The van der Waals surface area contributed by atoms with Crippen LogP contribution >= 0.6 is 11.6 Å². The molecular weight excluding hydrogens is 364 g/mol. The fraction of sp³-hybridized carbons (Fsp3) is 0.143. The zero-order valence-electron chi connectivity index (χ0n) is 14.6. The number of primary amides is 1. The maximum Gasteiger partial charge on any atom is 0.267 e.